The smallest absolute Gasteiger partial charge is 0.274 e. The van der Waals surface area contributed by atoms with Gasteiger partial charge in [0.25, 0.3) is 5.91 Å². The first-order valence-corrected chi connectivity index (χ1v) is 11.5. The molecule has 3 aromatic carbocycles. The number of hydrogen-bond acceptors (Lipinski definition) is 3. The van der Waals surface area contributed by atoms with Crippen LogP contribution >= 0.6 is 11.6 Å². The number of carbonyl (C=O) groups excluding carboxylic acids is 1. The van der Waals surface area contributed by atoms with Gasteiger partial charge in [0.15, 0.2) is 0 Å². The van der Waals surface area contributed by atoms with Gasteiger partial charge in [0, 0.05) is 23.7 Å². The molecule has 0 spiro atoms. The van der Waals surface area contributed by atoms with Crippen molar-refractivity contribution < 1.29 is 9.18 Å². The maximum Gasteiger partial charge on any atom is 0.274 e. The maximum atomic E-state index is 14.8. The number of halogens is 2. The zero-order valence-corrected chi connectivity index (χ0v) is 19.4. The number of aryl methyl sites for hydroxylation is 1. The van der Waals surface area contributed by atoms with Gasteiger partial charge in [-0.3, -0.25) is 10.2 Å². The highest BCUT2D eigenvalue weighted by Crippen LogP contribution is 2.24. The molecule has 0 bridgehead atoms. The summed E-state index contributed by atoms with van der Waals surface area (Å²) in [5, 5.41) is 18.0. The van der Waals surface area contributed by atoms with E-state index in [2.05, 4.69) is 10.4 Å². The second-order valence-electron chi connectivity index (χ2n) is 8.45. The average Bonchev–Trinajstić information content (AvgIpc) is 3.49. The highest BCUT2D eigenvalue weighted by atomic mass is 35.5. The molecular weight excluding hydrogens is 453 g/mol. The van der Waals surface area contributed by atoms with Crippen LogP contribution in [-0.4, -0.2) is 39.5 Å². The van der Waals surface area contributed by atoms with Gasteiger partial charge in [0.1, 0.15) is 17.3 Å². The molecule has 0 radical (unpaired) electrons. The van der Waals surface area contributed by atoms with Gasteiger partial charge in [-0.15, -0.1) is 0 Å². The third-order valence-corrected chi connectivity index (χ3v) is 6.24. The number of hydrogen-bond donors (Lipinski definition) is 2. The van der Waals surface area contributed by atoms with E-state index in [1.807, 2.05) is 41.3 Å². The number of amidine groups is 1. The predicted octanol–water partition coefficient (Wildman–Crippen LogP) is 5.80. The van der Waals surface area contributed by atoms with Gasteiger partial charge in [-0.1, -0.05) is 23.7 Å². The minimum Gasteiger partial charge on any atom is -0.357 e. The van der Waals surface area contributed by atoms with E-state index < -0.39 is 11.7 Å². The summed E-state index contributed by atoms with van der Waals surface area (Å²) in [4.78, 5) is 15.0. The summed E-state index contributed by atoms with van der Waals surface area (Å²) in [5.74, 6) is -0.751. The summed E-state index contributed by atoms with van der Waals surface area (Å²) in [5.41, 5.74) is 2.22. The van der Waals surface area contributed by atoms with Crippen molar-refractivity contribution in [2.75, 3.05) is 18.4 Å². The van der Waals surface area contributed by atoms with Crippen LogP contribution in [0.1, 0.15) is 34.6 Å². The topological polar surface area (TPSA) is 74.0 Å². The Morgan fingerprint density at radius 2 is 1.76 bits per heavy atom. The van der Waals surface area contributed by atoms with Crippen LogP contribution in [0.15, 0.2) is 60.7 Å². The molecule has 1 aliphatic rings. The number of benzene rings is 3. The fourth-order valence-corrected chi connectivity index (χ4v) is 4.45. The molecule has 2 N–H and O–H groups in total. The molecule has 34 heavy (non-hydrogen) atoms. The lowest BCUT2D eigenvalue weighted by atomic mass is 10.1. The summed E-state index contributed by atoms with van der Waals surface area (Å²) in [6.45, 7) is 3.42. The molecular formula is C26H23ClFN5O. The second-order valence-corrected chi connectivity index (χ2v) is 8.89. The van der Waals surface area contributed by atoms with E-state index >= 15 is 0 Å². The minimum absolute atomic E-state index is 0.0570. The molecule has 1 aromatic heterocycles. The standard InChI is InChI=1S/C26H23ClFN5O/c1-16-12-24(33(31-16)21-8-5-17-13-20(27)7-4-18(17)14-21)26(34)30-23-9-6-19(15-22(23)28)25(29)32-10-2-3-11-32/h4-9,12-15,29H,2-3,10-11H2,1H3,(H,30,34). The zero-order chi connectivity index (χ0) is 23.8. The molecule has 0 aliphatic carbocycles. The Hall–Kier alpha value is -3.71. The fourth-order valence-electron chi connectivity index (χ4n) is 4.27. The van der Waals surface area contributed by atoms with E-state index in [-0.39, 0.29) is 5.69 Å². The molecule has 6 nitrogen and oxygen atoms in total. The van der Waals surface area contributed by atoms with Gasteiger partial charge in [-0.2, -0.15) is 5.10 Å². The molecule has 5 rings (SSSR count). The van der Waals surface area contributed by atoms with E-state index in [0.717, 1.165) is 36.7 Å². The maximum absolute atomic E-state index is 14.8. The van der Waals surface area contributed by atoms with Crippen LogP contribution < -0.4 is 5.32 Å². The number of amides is 1. The van der Waals surface area contributed by atoms with Crippen molar-refractivity contribution in [3.63, 3.8) is 0 Å². The predicted molar refractivity (Wildman–Crippen MR) is 133 cm³/mol. The molecule has 0 atom stereocenters. The molecule has 0 saturated carbocycles. The molecule has 1 aliphatic heterocycles. The quantitative estimate of drug-likeness (QED) is 0.289. The van der Waals surface area contributed by atoms with Crippen molar-refractivity contribution in [3.8, 4) is 5.69 Å². The molecule has 0 unspecified atom stereocenters. The minimum atomic E-state index is -0.583. The van der Waals surface area contributed by atoms with Gasteiger partial charge in [0.05, 0.1) is 17.1 Å². The number of nitrogens with zero attached hydrogens (tertiary/aromatic N) is 3. The lowest BCUT2D eigenvalue weighted by Crippen LogP contribution is -2.27. The largest absolute Gasteiger partial charge is 0.357 e. The molecule has 1 amide bonds. The van der Waals surface area contributed by atoms with Gasteiger partial charge in [0.2, 0.25) is 0 Å². The summed E-state index contributed by atoms with van der Waals surface area (Å²) in [6.07, 6.45) is 2.08. The molecule has 172 valence electrons. The van der Waals surface area contributed by atoms with Crippen molar-refractivity contribution in [1.82, 2.24) is 14.7 Å². The van der Waals surface area contributed by atoms with Crippen molar-refractivity contribution in [1.29, 1.82) is 5.41 Å². The highest BCUT2D eigenvalue weighted by Gasteiger charge is 2.20. The third kappa shape index (κ3) is 4.26. The SMILES string of the molecule is Cc1cc(C(=O)Nc2ccc(C(=N)N3CCCC3)cc2F)n(-c2ccc3cc(Cl)ccc3c2)n1. The average molecular weight is 476 g/mol. The van der Waals surface area contributed by atoms with Crippen LogP contribution in [0.25, 0.3) is 16.5 Å². The summed E-state index contributed by atoms with van der Waals surface area (Å²) in [6, 6.07) is 17.4. The summed E-state index contributed by atoms with van der Waals surface area (Å²) < 4.78 is 16.4. The monoisotopic (exact) mass is 475 g/mol. The highest BCUT2D eigenvalue weighted by molar-refractivity contribution is 6.31. The van der Waals surface area contributed by atoms with E-state index in [1.54, 1.807) is 23.7 Å². The Balaban J connectivity index is 1.41. The first-order chi connectivity index (χ1) is 16.4. The number of aromatic nitrogens is 2. The van der Waals surface area contributed by atoms with Crippen LogP contribution in [0.2, 0.25) is 5.02 Å². The summed E-state index contributed by atoms with van der Waals surface area (Å²) >= 11 is 6.08. The first kappa shape index (κ1) is 22.1. The Morgan fingerprint density at radius 1 is 1.03 bits per heavy atom. The van der Waals surface area contributed by atoms with Crippen molar-refractivity contribution in [2.45, 2.75) is 19.8 Å². The number of fused-ring (bicyclic) bond motifs is 1. The Morgan fingerprint density at radius 3 is 2.53 bits per heavy atom. The van der Waals surface area contributed by atoms with Crippen LogP contribution in [-0.2, 0) is 0 Å². The number of carbonyl (C=O) groups is 1. The van der Waals surface area contributed by atoms with E-state index in [4.69, 9.17) is 17.0 Å². The lowest BCUT2D eigenvalue weighted by molar-refractivity contribution is 0.101. The molecule has 1 fully saturated rings. The molecule has 2 heterocycles. The number of likely N-dealkylation sites (tertiary alicyclic amines) is 1. The lowest BCUT2D eigenvalue weighted by Gasteiger charge is -2.19. The normalized spacial score (nSPS) is 13.4. The van der Waals surface area contributed by atoms with E-state index in [9.17, 15) is 9.18 Å². The van der Waals surface area contributed by atoms with Gasteiger partial charge in [-0.25, -0.2) is 9.07 Å². The van der Waals surface area contributed by atoms with Crippen molar-refractivity contribution >= 4 is 39.8 Å². The van der Waals surface area contributed by atoms with Gasteiger partial charge >= 0.3 is 0 Å². The van der Waals surface area contributed by atoms with Gasteiger partial charge < -0.3 is 10.2 Å². The number of anilines is 1. The van der Waals surface area contributed by atoms with Crippen LogP contribution in [0.4, 0.5) is 10.1 Å². The molecule has 8 heteroatoms. The molecule has 1 saturated heterocycles. The first-order valence-electron chi connectivity index (χ1n) is 11.1. The van der Waals surface area contributed by atoms with Crippen LogP contribution in [0.5, 0.6) is 0 Å². The zero-order valence-electron chi connectivity index (χ0n) is 18.6. The Bertz CT molecular complexity index is 1420. The molecule has 4 aromatic rings. The Labute approximate surface area is 201 Å². The fraction of sp³-hybridized carbons (Fsp3) is 0.192. The Kier molecular flexibility index (Phi) is 5.79. The van der Waals surface area contributed by atoms with Crippen molar-refractivity contribution in [3.05, 3.63) is 88.5 Å². The van der Waals surface area contributed by atoms with Crippen LogP contribution in [0, 0.1) is 18.2 Å². The number of rotatable bonds is 4. The van der Waals surface area contributed by atoms with Gasteiger partial charge in [-0.05, 0) is 79.1 Å². The van der Waals surface area contributed by atoms with E-state index in [0.29, 0.717) is 33.5 Å². The van der Waals surface area contributed by atoms with E-state index in [1.165, 1.54) is 12.1 Å². The van der Waals surface area contributed by atoms with Crippen molar-refractivity contribution in [2.24, 2.45) is 0 Å². The number of nitrogens with one attached hydrogen (secondary N) is 2. The summed E-state index contributed by atoms with van der Waals surface area (Å²) in [7, 11) is 0. The van der Waals surface area contributed by atoms with Crippen LogP contribution in [0.3, 0.4) is 0 Å². The second kappa shape index (κ2) is 8.91. The third-order valence-electron chi connectivity index (χ3n) is 6.01.